The third-order valence-electron chi connectivity index (χ3n) is 4.46. The number of hydrogen-bond acceptors (Lipinski definition) is 2. The number of pyridine rings is 1. The molecule has 2 aromatic heterocycles. The first-order chi connectivity index (χ1) is 18.3. The minimum Gasteiger partial charge on any atom is -0.661 e. The molecule has 5 rings (SSSR count). The summed E-state index contributed by atoms with van der Waals surface area (Å²) >= 11 is 0. The molecule has 3 aromatic carbocycles. The molecule has 38 heavy (non-hydrogen) atoms. The van der Waals surface area contributed by atoms with Crippen molar-refractivity contribution < 1.29 is 24.9 Å². The zero-order chi connectivity index (χ0) is 27.9. The average Bonchev–Trinajstić information content (AvgIpc) is 3.57. The van der Waals surface area contributed by atoms with Gasteiger partial charge in [-0.15, -0.1) is 35.9 Å². The van der Waals surface area contributed by atoms with Crippen LogP contribution in [-0.4, -0.2) is 10.8 Å². The number of benzene rings is 3. The molecule has 4 heteroatoms. The Bertz CT molecular complexity index is 1200. The monoisotopic (exact) mass is 687 g/mol. The number of fused-ring (bicyclic) bond motifs is 1. The molecular formula is C34H42IrN2O-2. The van der Waals surface area contributed by atoms with Crippen molar-refractivity contribution in [2.24, 2.45) is 0 Å². The number of aromatic nitrogens is 2. The predicted octanol–water partition coefficient (Wildman–Crippen LogP) is 9.68. The fourth-order valence-electron chi connectivity index (χ4n) is 3.05. The van der Waals surface area contributed by atoms with Crippen molar-refractivity contribution in [2.75, 3.05) is 0 Å². The summed E-state index contributed by atoms with van der Waals surface area (Å²) in [5.74, 6) is -0.0226. The number of rotatable bonds is 3. The van der Waals surface area contributed by atoms with Crippen molar-refractivity contribution in [3.8, 4) is 11.3 Å². The van der Waals surface area contributed by atoms with E-state index in [1.807, 2.05) is 122 Å². The van der Waals surface area contributed by atoms with Crippen molar-refractivity contribution >= 4 is 16.6 Å². The van der Waals surface area contributed by atoms with Crippen molar-refractivity contribution in [1.29, 1.82) is 0 Å². The van der Waals surface area contributed by atoms with Crippen molar-refractivity contribution in [2.45, 2.75) is 55.4 Å². The first kappa shape index (κ1) is 36.8. The molecule has 0 fully saturated rings. The Kier molecular flexibility index (Phi) is 23.3. The van der Waals surface area contributed by atoms with E-state index in [0.717, 1.165) is 11.3 Å². The van der Waals surface area contributed by atoms with E-state index in [9.17, 15) is 4.79 Å². The SMILES string of the molecule is CC.CC.CC.CC.O=C(c1ccccc1)c1ccc[n-]1.[Ir].[c-]1ccccc1-c1nccc2ccccc12. The summed E-state index contributed by atoms with van der Waals surface area (Å²) in [6, 6.07) is 34.1. The molecule has 0 unspecified atom stereocenters. The fourth-order valence-corrected chi connectivity index (χ4v) is 3.05. The van der Waals surface area contributed by atoms with Crippen LogP contribution in [0.3, 0.4) is 0 Å². The van der Waals surface area contributed by atoms with E-state index in [-0.39, 0.29) is 25.9 Å². The molecule has 0 bridgehead atoms. The summed E-state index contributed by atoms with van der Waals surface area (Å²) in [5.41, 5.74) is 3.23. The Hall–Kier alpha value is -3.33. The summed E-state index contributed by atoms with van der Waals surface area (Å²) < 4.78 is 0. The van der Waals surface area contributed by atoms with E-state index in [1.165, 1.54) is 10.8 Å². The summed E-state index contributed by atoms with van der Waals surface area (Å²) in [5, 5.41) is 2.39. The smallest absolute Gasteiger partial charge is 0.171 e. The van der Waals surface area contributed by atoms with Gasteiger partial charge in [0.2, 0.25) is 0 Å². The minimum atomic E-state index is -0.0226. The molecule has 3 nitrogen and oxygen atoms in total. The fraction of sp³-hybridized carbons (Fsp3) is 0.235. The Morgan fingerprint density at radius 2 is 1.29 bits per heavy atom. The van der Waals surface area contributed by atoms with E-state index in [0.29, 0.717) is 11.3 Å². The van der Waals surface area contributed by atoms with Crippen LogP contribution in [0.4, 0.5) is 0 Å². The van der Waals surface area contributed by atoms with Crippen molar-refractivity contribution in [1.82, 2.24) is 9.97 Å². The molecule has 0 aliphatic carbocycles. The first-order valence-corrected chi connectivity index (χ1v) is 13.3. The zero-order valence-corrected chi connectivity index (χ0v) is 26.4. The third kappa shape index (κ3) is 11.8. The number of carbonyl (C=O) groups excluding carboxylic acids is 1. The van der Waals surface area contributed by atoms with Gasteiger partial charge in [-0.2, -0.15) is 6.20 Å². The van der Waals surface area contributed by atoms with Gasteiger partial charge in [0.25, 0.3) is 0 Å². The number of hydrogen-bond donors (Lipinski definition) is 0. The molecule has 205 valence electrons. The second-order valence-electron chi connectivity index (χ2n) is 6.37. The molecule has 1 radical (unpaired) electrons. The van der Waals surface area contributed by atoms with Gasteiger partial charge >= 0.3 is 0 Å². The minimum absolute atomic E-state index is 0. The normalized spacial score (nSPS) is 8.42. The molecular weight excluding hydrogens is 645 g/mol. The molecule has 0 spiro atoms. The molecule has 2 heterocycles. The molecule has 0 saturated carbocycles. The Morgan fingerprint density at radius 1 is 0.684 bits per heavy atom. The molecule has 0 saturated heterocycles. The summed E-state index contributed by atoms with van der Waals surface area (Å²) in [6.45, 7) is 16.0. The Balaban J connectivity index is 0. The summed E-state index contributed by atoms with van der Waals surface area (Å²) in [6.07, 6.45) is 3.47. The van der Waals surface area contributed by atoms with Gasteiger partial charge in [-0.1, -0.05) is 128 Å². The van der Waals surface area contributed by atoms with Crippen molar-refractivity contribution in [3.05, 3.63) is 127 Å². The maximum absolute atomic E-state index is 11.6. The van der Waals surface area contributed by atoms with E-state index < -0.39 is 0 Å². The third-order valence-corrected chi connectivity index (χ3v) is 4.46. The maximum Gasteiger partial charge on any atom is 0.171 e. The second-order valence-corrected chi connectivity index (χ2v) is 6.37. The quantitative estimate of drug-likeness (QED) is 0.140. The zero-order valence-electron chi connectivity index (χ0n) is 24.0. The van der Waals surface area contributed by atoms with E-state index in [2.05, 4.69) is 28.2 Å². The van der Waals surface area contributed by atoms with E-state index in [1.54, 1.807) is 30.5 Å². The topological polar surface area (TPSA) is 44.1 Å². The van der Waals surface area contributed by atoms with Gasteiger partial charge < -0.3 is 9.97 Å². The van der Waals surface area contributed by atoms with Crippen LogP contribution in [-0.2, 0) is 20.1 Å². The van der Waals surface area contributed by atoms with Crippen LogP contribution in [0.15, 0.2) is 109 Å². The van der Waals surface area contributed by atoms with Crippen LogP contribution in [0, 0.1) is 6.07 Å². The average molecular weight is 687 g/mol. The molecule has 0 atom stereocenters. The van der Waals surface area contributed by atoms with E-state index >= 15 is 0 Å². The van der Waals surface area contributed by atoms with Crippen molar-refractivity contribution in [3.63, 3.8) is 0 Å². The molecule has 5 aromatic rings. The molecule has 0 amide bonds. The van der Waals surface area contributed by atoms with E-state index in [4.69, 9.17) is 0 Å². The van der Waals surface area contributed by atoms with Gasteiger partial charge in [0, 0.05) is 31.9 Å². The van der Waals surface area contributed by atoms with Gasteiger partial charge in [-0.05, 0) is 22.5 Å². The number of carbonyl (C=O) groups is 1. The summed E-state index contributed by atoms with van der Waals surface area (Å²) in [4.78, 5) is 20.0. The van der Waals surface area contributed by atoms with Gasteiger partial charge in [0.15, 0.2) is 5.78 Å². The predicted molar refractivity (Wildman–Crippen MR) is 161 cm³/mol. The standard InChI is InChI=1S/C15H10N.C11H9NO.4C2H6.Ir/c1-2-7-13(8-3-1)15-14-9-5-4-6-12(14)10-11-16-15;13-11(10-7-4-8-12-10)9-5-2-1-3-6-9;4*1-2;/h1-7,9-11H;1-8H,(H,12,13);4*1-2H3;/q-1;;;;;;/p-1. The van der Waals surface area contributed by atoms with Crippen LogP contribution in [0.25, 0.3) is 22.0 Å². The number of ketones is 1. The van der Waals surface area contributed by atoms with Crippen LogP contribution >= 0.6 is 0 Å². The van der Waals surface area contributed by atoms with Gasteiger partial charge in [0.05, 0.1) is 0 Å². The van der Waals surface area contributed by atoms with Gasteiger partial charge in [0.1, 0.15) is 0 Å². The first-order valence-electron chi connectivity index (χ1n) is 13.3. The van der Waals surface area contributed by atoms with Gasteiger partial charge in [-0.25, -0.2) is 0 Å². The Morgan fingerprint density at radius 3 is 1.87 bits per heavy atom. The van der Waals surface area contributed by atoms with Crippen LogP contribution in [0.1, 0.15) is 71.4 Å². The summed E-state index contributed by atoms with van der Waals surface area (Å²) in [7, 11) is 0. The van der Waals surface area contributed by atoms with Crippen LogP contribution in [0.5, 0.6) is 0 Å². The molecule has 0 N–H and O–H groups in total. The second kappa shape index (κ2) is 24.0. The Labute approximate surface area is 244 Å². The maximum atomic E-state index is 11.6. The molecule has 0 aliphatic heterocycles. The van der Waals surface area contributed by atoms with Gasteiger partial charge in [-0.3, -0.25) is 4.79 Å². The van der Waals surface area contributed by atoms with Crippen LogP contribution < -0.4 is 4.98 Å². The number of nitrogens with zero attached hydrogens (tertiary/aromatic N) is 2. The van der Waals surface area contributed by atoms with Crippen LogP contribution in [0.2, 0.25) is 0 Å². The largest absolute Gasteiger partial charge is 0.661 e. The molecule has 0 aliphatic rings.